The number of anilines is 1. The molecule has 1 spiro atoms. The summed E-state index contributed by atoms with van der Waals surface area (Å²) in [4.78, 5) is 0. The summed E-state index contributed by atoms with van der Waals surface area (Å²) in [6, 6.07) is 7.30. The van der Waals surface area contributed by atoms with E-state index in [4.69, 9.17) is 24.5 Å². The second kappa shape index (κ2) is 5.78. The summed E-state index contributed by atoms with van der Waals surface area (Å²) >= 11 is 0. The second-order valence-corrected chi connectivity index (χ2v) is 6.94. The number of para-hydroxylation sites is 1. The van der Waals surface area contributed by atoms with Gasteiger partial charge >= 0.3 is 10.3 Å². The monoisotopic (exact) mass is 328 g/mol. The van der Waals surface area contributed by atoms with Crippen molar-refractivity contribution >= 4 is 16.0 Å². The van der Waals surface area contributed by atoms with E-state index in [9.17, 15) is 8.42 Å². The molecule has 1 saturated heterocycles. The van der Waals surface area contributed by atoms with E-state index in [1.807, 2.05) is 18.2 Å². The fourth-order valence-electron chi connectivity index (χ4n) is 3.14. The van der Waals surface area contributed by atoms with Crippen LogP contribution in [0.4, 0.5) is 5.69 Å². The number of rotatable bonds is 4. The van der Waals surface area contributed by atoms with Gasteiger partial charge in [0.2, 0.25) is 0 Å². The number of benzene rings is 1. The van der Waals surface area contributed by atoms with Crippen molar-refractivity contribution in [1.29, 1.82) is 0 Å². The molecule has 0 radical (unpaired) electrons. The topological polar surface area (TPSA) is 114 Å². The van der Waals surface area contributed by atoms with Gasteiger partial charge in [-0.3, -0.25) is 4.18 Å². The van der Waals surface area contributed by atoms with E-state index in [1.54, 1.807) is 6.07 Å². The molecule has 1 heterocycles. The van der Waals surface area contributed by atoms with Gasteiger partial charge in [-0.1, -0.05) is 18.2 Å². The summed E-state index contributed by atoms with van der Waals surface area (Å²) in [5, 5.41) is 4.90. The number of hydrogen-bond donors (Lipinski definition) is 2. The van der Waals surface area contributed by atoms with E-state index >= 15 is 0 Å². The quantitative estimate of drug-likeness (QED) is 0.803. The average molecular weight is 328 g/mol. The molecule has 2 aliphatic rings. The molecule has 1 saturated carbocycles. The third-order valence-corrected chi connectivity index (χ3v) is 4.57. The van der Waals surface area contributed by atoms with Crippen LogP contribution in [0.15, 0.2) is 24.3 Å². The van der Waals surface area contributed by atoms with E-state index in [1.165, 1.54) is 0 Å². The lowest BCUT2D eigenvalue weighted by atomic mass is 10.0. The predicted molar refractivity (Wildman–Crippen MR) is 79.8 cm³/mol. The van der Waals surface area contributed by atoms with Gasteiger partial charge < -0.3 is 15.2 Å². The largest absolute Gasteiger partial charge is 0.398 e. The Morgan fingerprint density at radius 2 is 1.91 bits per heavy atom. The highest BCUT2D eigenvalue weighted by Crippen LogP contribution is 2.48. The Morgan fingerprint density at radius 3 is 2.55 bits per heavy atom. The Kier molecular flexibility index (Phi) is 4.13. The average Bonchev–Trinajstić information content (AvgIpc) is 3.04. The maximum Gasteiger partial charge on any atom is 0.333 e. The van der Waals surface area contributed by atoms with Crippen LogP contribution < -0.4 is 10.9 Å². The first-order valence-electron chi connectivity index (χ1n) is 7.26. The summed E-state index contributed by atoms with van der Waals surface area (Å²) in [6.07, 6.45) is 2.55. The molecule has 2 fully saturated rings. The maximum absolute atomic E-state index is 11.0. The highest BCUT2D eigenvalue weighted by Gasteiger charge is 2.50. The third-order valence-electron chi connectivity index (χ3n) is 4.11. The first kappa shape index (κ1) is 15.7. The minimum absolute atomic E-state index is 0.195. The molecule has 1 aliphatic heterocycles. The van der Waals surface area contributed by atoms with Crippen molar-refractivity contribution < 1.29 is 22.1 Å². The summed E-state index contributed by atoms with van der Waals surface area (Å²) in [5.41, 5.74) is 7.36. The molecule has 1 aromatic rings. The zero-order chi connectivity index (χ0) is 15.8. The Balaban J connectivity index is 1.85. The Hall–Kier alpha value is -1.19. The normalized spacial score (nSPS) is 27.5. The fraction of sp³-hybridized carbons (Fsp3) is 0.571. The zero-order valence-electron chi connectivity index (χ0n) is 12.1. The molecule has 4 N–H and O–H groups in total. The van der Waals surface area contributed by atoms with Crippen molar-refractivity contribution in [3.63, 3.8) is 0 Å². The van der Waals surface area contributed by atoms with Crippen LogP contribution in [-0.2, 0) is 24.0 Å². The standard InChI is InChI=1S/C14H20N2O5S/c15-11-6-2-1-5-10(11)13-12(9-19-22(16,17)18)20-14(21-13)7-3-4-8-14/h1-2,5-6,12-13H,3-4,7-9,15H2,(H2,16,17,18). The Morgan fingerprint density at radius 1 is 1.23 bits per heavy atom. The van der Waals surface area contributed by atoms with Gasteiger partial charge in [-0.05, 0) is 18.9 Å². The van der Waals surface area contributed by atoms with Crippen molar-refractivity contribution in [2.75, 3.05) is 12.3 Å². The van der Waals surface area contributed by atoms with Crippen molar-refractivity contribution in [2.24, 2.45) is 5.14 Å². The van der Waals surface area contributed by atoms with Gasteiger partial charge in [0, 0.05) is 24.1 Å². The molecule has 0 amide bonds. The van der Waals surface area contributed by atoms with Gasteiger partial charge in [0.25, 0.3) is 0 Å². The van der Waals surface area contributed by atoms with E-state index in [0.717, 1.165) is 31.2 Å². The van der Waals surface area contributed by atoms with Crippen molar-refractivity contribution in [2.45, 2.75) is 43.7 Å². The molecule has 3 rings (SSSR count). The second-order valence-electron chi connectivity index (χ2n) is 5.72. The molecule has 22 heavy (non-hydrogen) atoms. The lowest BCUT2D eigenvalue weighted by molar-refractivity contribution is -0.171. The Labute approximate surface area is 129 Å². The van der Waals surface area contributed by atoms with Crippen LogP contribution in [0.5, 0.6) is 0 Å². The van der Waals surface area contributed by atoms with Crippen molar-refractivity contribution in [3.05, 3.63) is 29.8 Å². The van der Waals surface area contributed by atoms with Crippen LogP contribution in [0, 0.1) is 0 Å². The highest BCUT2D eigenvalue weighted by atomic mass is 32.2. The van der Waals surface area contributed by atoms with Crippen LogP contribution in [-0.4, -0.2) is 26.9 Å². The number of hydrogen-bond acceptors (Lipinski definition) is 6. The molecule has 1 aliphatic carbocycles. The molecule has 1 aromatic carbocycles. The lowest BCUT2D eigenvalue weighted by Gasteiger charge is -2.22. The van der Waals surface area contributed by atoms with Gasteiger partial charge in [-0.2, -0.15) is 8.42 Å². The summed E-state index contributed by atoms with van der Waals surface area (Å²) in [6.45, 7) is -0.195. The van der Waals surface area contributed by atoms with Crippen LogP contribution in [0.2, 0.25) is 0 Å². The maximum atomic E-state index is 11.0. The smallest absolute Gasteiger partial charge is 0.333 e. The molecular formula is C14H20N2O5S. The van der Waals surface area contributed by atoms with Gasteiger partial charge in [0.1, 0.15) is 12.2 Å². The number of nitrogen functional groups attached to an aromatic ring is 1. The Bertz CT molecular complexity index is 642. The SMILES string of the molecule is Nc1ccccc1C1OC2(CCCC2)OC1COS(N)(=O)=O. The summed E-state index contributed by atoms with van der Waals surface area (Å²) in [7, 11) is -4.03. The molecule has 0 bridgehead atoms. The molecular weight excluding hydrogens is 308 g/mol. The number of ether oxygens (including phenoxy) is 2. The molecule has 0 aromatic heterocycles. The first-order valence-corrected chi connectivity index (χ1v) is 8.73. The van der Waals surface area contributed by atoms with E-state index < -0.39 is 28.3 Å². The zero-order valence-corrected chi connectivity index (χ0v) is 12.9. The summed E-state index contributed by atoms with van der Waals surface area (Å²) < 4.78 is 38.9. The fourth-order valence-corrected chi connectivity index (χ4v) is 3.46. The van der Waals surface area contributed by atoms with Crippen LogP contribution in [0.25, 0.3) is 0 Å². The third kappa shape index (κ3) is 3.26. The van der Waals surface area contributed by atoms with Gasteiger partial charge in [-0.25, -0.2) is 5.14 Å². The molecule has 8 heteroatoms. The van der Waals surface area contributed by atoms with Gasteiger partial charge in [-0.15, -0.1) is 0 Å². The molecule has 2 unspecified atom stereocenters. The van der Waals surface area contributed by atoms with E-state index in [0.29, 0.717) is 5.69 Å². The summed E-state index contributed by atoms with van der Waals surface area (Å²) in [5.74, 6) is -0.667. The van der Waals surface area contributed by atoms with Gasteiger partial charge in [0.05, 0.1) is 6.61 Å². The van der Waals surface area contributed by atoms with Crippen LogP contribution in [0.1, 0.15) is 37.4 Å². The van der Waals surface area contributed by atoms with Gasteiger partial charge in [0.15, 0.2) is 5.79 Å². The van der Waals surface area contributed by atoms with Crippen molar-refractivity contribution in [3.8, 4) is 0 Å². The van der Waals surface area contributed by atoms with Crippen molar-refractivity contribution in [1.82, 2.24) is 0 Å². The van der Waals surface area contributed by atoms with E-state index in [-0.39, 0.29) is 6.61 Å². The van der Waals surface area contributed by atoms with E-state index in [2.05, 4.69) is 0 Å². The van der Waals surface area contributed by atoms with Crippen LogP contribution in [0.3, 0.4) is 0 Å². The first-order chi connectivity index (χ1) is 10.4. The van der Waals surface area contributed by atoms with Crippen LogP contribution >= 0.6 is 0 Å². The lowest BCUT2D eigenvalue weighted by Crippen LogP contribution is -2.29. The molecule has 2 atom stereocenters. The predicted octanol–water partition coefficient (Wildman–Crippen LogP) is 1.22. The minimum Gasteiger partial charge on any atom is -0.398 e. The molecule has 122 valence electrons. The number of nitrogens with two attached hydrogens (primary N) is 2. The highest BCUT2D eigenvalue weighted by molar-refractivity contribution is 7.84. The minimum atomic E-state index is -4.03. The molecule has 7 nitrogen and oxygen atoms in total.